The zero-order valence-electron chi connectivity index (χ0n) is 6.59. The number of aliphatic hydroxyl groups excluding tert-OH is 1. The fourth-order valence-electron chi connectivity index (χ4n) is 1.65. The van der Waals surface area contributed by atoms with Crippen LogP contribution in [0.4, 0.5) is 0 Å². The molecule has 0 unspecified atom stereocenters. The summed E-state index contributed by atoms with van der Waals surface area (Å²) < 4.78 is 0. The molecule has 0 radical (unpaired) electrons. The highest BCUT2D eigenvalue weighted by Gasteiger charge is 2.24. The molecule has 1 aliphatic rings. The van der Waals surface area contributed by atoms with Crippen molar-refractivity contribution < 1.29 is 5.11 Å². The number of rotatable bonds is 1. The van der Waals surface area contributed by atoms with Crippen molar-refractivity contribution in [1.82, 2.24) is 0 Å². The maximum Gasteiger partial charge on any atom is 0.0691 e. The zero-order valence-corrected chi connectivity index (χ0v) is 6.59. The van der Waals surface area contributed by atoms with E-state index in [1.807, 2.05) is 0 Å². The van der Waals surface area contributed by atoms with Crippen molar-refractivity contribution in [2.75, 3.05) is 0 Å². The summed E-state index contributed by atoms with van der Waals surface area (Å²) in [5.74, 6) is 0.762. The topological polar surface area (TPSA) is 46.2 Å². The molecular formula is C8H17NO. The van der Waals surface area contributed by atoms with Crippen molar-refractivity contribution in [1.29, 1.82) is 0 Å². The summed E-state index contributed by atoms with van der Waals surface area (Å²) in [4.78, 5) is 0. The third kappa shape index (κ3) is 1.70. The minimum absolute atomic E-state index is 0.0405. The molecule has 10 heavy (non-hydrogen) atoms. The number of hydrogen-bond donors (Lipinski definition) is 2. The maximum absolute atomic E-state index is 9.27. The molecule has 3 atom stereocenters. The van der Waals surface area contributed by atoms with Gasteiger partial charge in [-0.1, -0.05) is 13.3 Å². The van der Waals surface area contributed by atoms with Crippen LogP contribution in [0, 0.1) is 5.92 Å². The lowest BCUT2D eigenvalue weighted by Crippen LogP contribution is -2.40. The normalized spacial score (nSPS) is 41.7. The molecule has 0 heterocycles. The van der Waals surface area contributed by atoms with Gasteiger partial charge in [0.2, 0.25) is 0 Å². The Morgan fingerprint density at radius 3 is 2.70 bits per heavy atom. The third-order valence-electron chi connectivity index (χ3n) is 2.55. The molecule has 1 saturated carbocycles. The predicted octanol–water partition coefficient (Wildman–Crippen LogP) is 0.885. The van der Waals surface area contributed by atoms with Gasteiger partial charge < -0.3 is 10.8 Å². The summed E-state index contributed by atoms with van der Waals surface area (Å²) in [6, 6.07) is 0.0405. The van der Waals surface area contributed by atoms with Crippen molar-refractivity contribution in [3.8, 4) is 0 Å². The molecule has 3 N–H and O–H groups in total. The van der Waals surface area contributed by atoms with Crippen LogP contribution in [0.15, 0.2) is 0 Å². The van der Waals surface area contributed by atoms with E-state index in [-0.39, 0.29) is 12.1 Å². The minimum Gasteiger partial charge on any atom is -0.392 e. The molecule has 2 nitrogen and oxygen atoms in total. The van der Waals surface area contributed by atoms with Crippen molar-refractivity contribution >= 4 is 0 Å². The fraction of sp³-hybridized carbons (Fsp3) is 1.00. The lowest BCUT2D eigenvalue weighted by Gasteiger charge is -2.29. The molecule has 0 aromatic carbocycles. The Balaban J connectivity index is 2.33. The van der Waals surface area contributed by atoms with Crippen LogP contribution >= 0.6 is 0 Å². The Morgan fingerprint density at radius 2 is 2.20 bits per heavy atom. The zero-order chi connectivity index (χ0) is 7.56. The average Bonchev–Trinajstić information content (AvgIpc) is 1.95. The first-order chi connectivity index (χ1) is 4.74. The molecule has 0 aliphatic heterocycles. The van der Waals surface area contributed by atoms with Crippen LogP contribution in [0.3, 0.4) is 0 Å². The number of hydrogen-bond acceptors (Lipinski definition) is 2. The molecule has 0 aromatic rings. The lowest BCUT2D eigenvalue weighted by molar-refractivity contribution is 0.0858. The van der Waals surface area contributed by atoms with Gasteiger partial charge in [-0.25, -0.2) is 0 Å². The van der Waals surface area contributed by atoms with Gasteiger partial charge in [0.25, 0.3) is 0 Å². The number of aliphatic hydroxyl groups is 1. The highest BCUT2D eigenvalue weighted by Crippen LogP contribution is 2.25. The first-order valence-electron chi connectivity index (χ1n) is 4.17. The Kier molecular flexibility index (Phi) is 2.69. The van der Waals surface area contributed by atoms with Crippen molar-refractivity contribution in [3.05, 3.63) is 0 Å². The van der Waals surface area contributed by atoms with E-state index in [4.69, 9.17) is 5.73 Å². The monoisotopic (exact) mass is 143 g/mol. The Hall–Kier alpha value is -0.0800. The molecule has 0 spiro atoms. The van der Waals surface area contributed by atoms with Gasteiger partial charge in [-0.2, -0.15) is 0 Å². The van der Waals surface area contributed by atoms with Crippen molar-refractivity contribution in [3.63, 3.8) is 0 Å². The maximum atomic E-state index is 9.27. The van der Waals surface area contributed by atoms with Crippen LogP contribution in [0.5, 0.6) is 0 Å². The largest absolute Gasteiger partial charge is 0.392 e. The van der Waals surface area contributed by atoms with Crippen LogP contribution in [0.2, 0.25) is 0 Å². The average molecular weight is 143 g/mol. The third-order valence-corrected chi connectivity index (χ3v) is 2.55. The molecule has 0 aromatic heterocycles. The Bertz CT molecular complexity index is 105. The van der Waals surface area contributed by atoms with Gasteiger partial charge in [-0.05, 0) is 25.2 Å². The van der Waals surface area contributed by atoms with Crippen LogP contribution in [-0.4, -0.2) is 17.3 Å². The molecule has 2 heteroatoms. The predicted molar refractivity (Wildman–Crippen MR) is 41.6 cm³/mol. The molecule has 1 fully saturated rings. The van der Waals surface area contributed by atoms with Crippen LogP contribution < -0.4 is 5.73 Å². The molecule has 0 saturated heterocycles. The second-order valence-electron chi connectivity index (χ2n) is 3.32. The first-order valence-corrected chi connectivity index (χ1v) is 4.17. The highest BCUT2D eigenvalue weighted by molar-refractivity contribution is 4.81. The summed E-state index contributed by atoms with van der Waals surface area (Å²) in [5.41, 5.74) is 5.69. The summed E-state index contributed by atoms with van der Waals surface area (Å²) >= 11 is 0. The molecule has 1 rings (SSSR count). The summed E-state index contributed by atoms with van der Waals surface area (Å²) in [7, 11) is 0. The van der Waals surface area contributed by atoms with Gasteiger partial charge in [0, 0.05) is 6.04 Å². The van der Waals surface area contributed by atoms with Crippen molar-refractivity contribution in [2.24, 2.45) is 11.7 Å². The van der Waals surface area contributed by atoms with Gasteiger partial charge in [0.15, 0.2) is 0 Å². The molecule has 0 bridgehead atoms. The molecular weight excluding hydrogens is 126 g/mol. The van der Waals surface area contributed by atoms with E-state index in [0.29, 0.717) is 0 Å². The second kappa shape index (κ2) is 3.35. The van der Waals surface area contributed by atoms with E-state index in [9.17, 15) is 5.11 Å². The van der Waals surface area contributed by atoms with E-state index in [1.54, 1.807) is 0 Å². The smallest absolute Gasteiger partial charge is 0.0691 e. The SMILES string of the molecule is CC[C@H]1CC[C@@H](O)[C@H](N)C1. The molecule has 60 valence electrons. The Morgan fingerprint density at radius 1 is 1.50 bits per heavy atom. The quantitative estimate of drug-likeness (QED) is 0.572. The van der Waals surface area contributed by atoms with E-state index in [0.717, 1.165) is 25.2 Å². The lowest BCUT2D eigenvalue weighted by atomic mass is 9.83. The standard InChI is InChI=1S/C8H17NO/c1-2-6-3-4-8(10)7(9)5-6/h6-8,10H,2-5,9H2,1H3/t6-,7+,8+/m0/s1. The summed E-state index contributed by atoms with van der Waals surface area (Å²) in [6.45, 7) is 2.19. The van der Waals surface area contributed by atoms with E-state index < -0.39 is 0 Å². The summed E-state index contributed by atoms with van der Waals surface area (Å²) in [5, 5.41) is 9.27. The second-order valence-corrected chi connectivity index (χ2v) is 3.32. The molecule has 1 aliphatic carbocycles. The fourth-order valence-corrected chi connectivity index (χ4v) is 1.65. The number of nitrogens with two attached hydrogens (primary N) is 1. The van der Waals surface area contributed by atoms with Crippen LogP contribution in [0.1, 0.15) is 32.6 Å². The summed E-state index contributed by atoms with van der Waals surface area (Å²) in [6.07, 6.45) is 4.05. The van der Waals surface area contributed by atoms with Gasteiger partial charge >= 0.3 is 0 Å². The molecule has 0 amide bonds. The minimum atomic E-state index is -0.234. The van der Waals surface area contributed by atoms with Crippen LogP contribution in [0.25, 0.3) is 0 Å². The van der Waals surface area contributed by atoms with Gasteiger partial charge in [-0.15, -0.1) is 0 Å². The van der Waals surface area contributed by atoms with Crippen LogP contribution in [-0.2, 0) is 0 Å². The van der Waals surface area contributed by atoms with Gasteiger partial charge in [0.1, 0.15) is 0 Å². The van der Waals surface area contributed by atoms with Crippen molar-refractivity contribution in [2.45, 2.75) is 44.8 Å². The first kappa shape index (κ1) is 8.02. The van der Waals surface area contributed by atoms with E-state index in [1.165, 1.54) is 6.42 Å². The van der Waals surface area contributed by atoms with E-state index >= 15 is 0 Å². The highest BCUT2D eigenvalue weighted by atomic mass is 16.3. The Labute approximate surface area is 62.4 Å². The van der Waals surface area contributed by atoms with Gasteiger partial charge in [0.05, 0.1) is 6.10 Å². The van der Waals surface area contributed by atoms with Gasteiger partial charge in [-0.3, -0.25) is 0 Å². The van der Waals surface area contributed by atoms with E-state index in [2.05, 4.69) is 6.92 Å².